The SMILES string of the molecule is O=C1c2c(ccc3c2ccc2ccccc23)CC(c2ccccc2)C1c1ccc(C(=O)N2CCN(C(=O)C3CC3)CC2)cc1.c1ccc2ncccc2c1. The average molecular weight is 708 g/mol. The molecule has 6 heteroatoms. The summed E-state index contributed by atoms with van der Waals surface area (Å²) in [5.74, 6) is 0.200. The third-order valence-corrected chi connectivity index (χ3v) is 11.4. The number of hydrogen-bond donors (Lipinski definition) is 0. The largest absolute Gasteiger partial charge is 0.339 e. The van der Waals surface area contributed by atoms with Crippen molar-refractivity contribution in [1.29, 1.82) is 0 Å². The molecule has 0 bridgehead atoms. The van der Waals surface area contributed by atoms with E-state index in [4.69, 9.17) is 0 Å². The minimum atomic E-state index is -0.358. The number of piperazine rings is 1. The summed E-state index contributed by atoms with van der Waals surface area (Å²) in [7, 11) is 0. The Labute approximate surface area is 315 Å². The van der Waals surface area contributed by atoms with Crippen molar-refractivity contribution in [2.24, 2.45) is 5.92 Å². The van der Waals surface area contributed by atoms with Crippen LogP contribution in [0.3, 0.4) is 0 Å². The molecule has 2 fully saturated rings. The lowest BCUT2D eigenvalue weighted by Crippen LogP contribution is -2.51. The number of fused-ring (bicyclic) bond motifs is 6. The first-order valence-corrected chi connectivity index (χ1v) is 19.0. The molecule has 1 saturated heterocycles. The Morgan fingerprint density at radius 1 is 0.574 bits per heavy atom. The van der Waals surface area contributed by atoms with Gasteiger partial charge in [-0.3, -0.25) is 19.4 Å². The van der Waals surface area contributed by atoms with Crippen LogP contribution in [0.1, 0.15) is 62.1 Å². The van der Waals surface area contributed by atoms with E-state index in [-0.39, 0.29) is 35.4 Å². The zero-order valence-electron chi connectivity index (χ0n) is 30.1. The van der Waals surface area contributed by atoms with Gasteiger partial charge in [-0.05, 0) is 81.8 Å². The minimum Gasteiger partial charge on any atom is -0.339 e. The molecule has 2 unspecified atom stereocenters. The maximum atomic E-state index is 14.6. The van der Waals surface area contributed by atoms with E-state index >= 15 is 0 Å². The molecule has 2 aliphatic carbocycles. The lowest BCUT2D eigenvalue weighted by atomic mass is 9.68. The first-order chi connectivity index (χ1) is 26.5. The van der Waals surface area contributed by atoms with Gasteiger partial charge in [0.1, 0.15) is 0 Å². The van der Waals surface area contributed by atoms with Gasteiger partial charge in [-0.25, -0.2) is 0 Å². The summed E-state index contributed by atoms with van der Waals surface area (Å²) in [6.45, 7) is 2.29. The number of rotatable bonds is 4. The molecule has 54 heavy (non-hydrogen) atoms. The van der Waals surface area contributed by atoms with Gasteiger partial charge in [-0.15, -0.1) is 0 Å². The van der Waals surface area contributed by atoms with E-state index in [0.29, 0.717) is 31.7 Å². The number of para-hydroxylation sites is 1. The van der Waals surface area contributed by atoms with Crippen LogP contribution in [0.25, 0.3) is 32.4 Å². The first-order valence-electron chi connectivity index (χ1n) is 19.0. The zero-order valence-corrected chi connectivity index (χ0v) is 30.1. The van der Waals surface area contributed by atoms with E-state index in [1.807, 2.05) is 94.9 Å². The van der Waals surface area contributed by atoms with Crippen LogP contribution in [-0.4, -0.2) is 58.6 Å². The third kappa shape index (κ3) is 6.42. The monoisotopic (exact) mass is 707 g/mol. The minimum absolute atomic E-state index is 0.00672. The number of nitrogens with zero attached hydrogens (tertiary/aromatic N) is 3. The van der Waals surface area contributed by atoms with Gasteiger partial charge in [-0.1, -0.05) is 115 Å². The van der Waals surface area contributed by atoms with Gasteiger partial charge in [0.15, 0.2) is 5.78 Å². The van der Waals surface area contributed by atoms with Gasteiger partial charge in [0.25, 0.3) is 5.91 Å². The molecule has 10 rings (SSSR count). The first kappa shape index (κ1) is 33.7. The van der Waals surface area contributed by atoms with Crippen LogP contribution < -0.4 is 0 Å². The molecule has 0 radical (unpaired) electrons. The van der Waals surface area contributed by atoms with E-state index < -0.39 is 0 Å². The number of aromatic nitrogens is 1. The second-order valence-electron chi connectivity index (χ2n) is 14.8. The van der Waals surface area contributed by atoms with Crippen molar-refractivity contribution in [2.45, 2.75) is 31.1 Å². The topological polar surface area (TPSA) is 70.6 Å². The fourth-order valence-electron chi connectivity index (χ4n) is 8.43. The summed E-state index contributed by atoms with van der Waals surface area (Å²) in [5.41, 5.74) is 5.67. The van der Waals surface area contributed by atoms with E-state index in [1.54, 1.807) is 0 Å². The molecule has 1 aromatic heterocycles. The highest BCUT2D eigenvalue weighted by Crippen LogP contribution is 2.45. The Morgan fingerprint density at radius 3 is 2.00 bits per heavy atom. The van der Waals surface area contributed by atoms with Gasteiger partial charge < -0.3 is 9.80 Å². The third-order valence-electron chi connectivity index (χ3n) is 11.4. The second-order valence-corrected chi connectivity index (χ2v) is 14.8. The maximum absolute atomic E-state index is 14.6. The lowest BCUT2D eigenvalue weighted by molar-refractivity contribution is -0.134. The van der Waals surface area contributed by atoms with Gasteiger partial charge in [0.05, 0.1) is 11.4 Å². The number of pyridine rings is 1. The number of carbonyl (C=O) groups excluding carboxylic acids is 3. The van der Waals surface area contributed by atoms with Gasteiger partial charge >= 0.3 is 0 Å². The standard InChI is InChI=1S/C39H34N2O3.C9H7N/c42-37-35(27-10-12-28(13-11-27)38(43)40-20-22-41(23-21-40)39(44)29-14-15-29)34(25-6-2-1-3-7-25)24-30-17-18-32-31-9-5-4-8-26(31)16-19-33(32)36(30)37;1-2-6-9-8(4-1)5-3-7-10-9/h1-13,16-19,29,34-35H,14-15,20-24H2;1-7H. The fourth-order valence-corrected chi connectivity index (χ4v) is 8.43. The smallest absolute Gasteiger partial charge is 0.253 e. The number of benzene rings is 6. The van der Waals surface area contributed by atoms with E-state index in [0.717, 1.165) is 68.6 Å². The number of ketones is 1. The average Bonchev–Trinajstić information content (AvgIpc) is 4.10. The predicted octanol–water partition coefficient (Wildman–Crippen LogP) is 9.23. The summed E-state index contributed by atoms with van der Waals surface area (Å²) in [5, 5.41) is 5.63. The molecular weight excluding hydrogens is 667 g/mol. The summed E-state index contributed by atoms with van der Waals surface area (Å²) in [6.07, 6.45) is 4.57. The van der Waals surface area contributed by atoms with Crippen LogP contribution in [0.4, 0.5) is 0 Å². The summed E-state index contributed by atoms with van der Waals surface area (Å²) < 4.78 is 0. The van der Waals surface area contributed by atoms with Gasteiger partial charge in [0, 0.05) is 60.7 Å². The molecule has 6 aromatic carbocycles. The molecule has 1 saturated carbocycles. The van der Waals surface area contributed by atoms with Crippen molar-refractivity contribution >= 4 is 50.0 Å². The van der Waals surface area contributed by atoms with E-state index in [2.05, 4.69) is 65.6 Å². The molecule has 0 spiro atoms. The Kier molecular flexibility index (Phi) is 8.95. The highest BCUT2D eigenvalue weighted by Gasteiger charge is 2.39. The van der Waals surface area contributed by atoms with Gasteiger partial charge in [0.2, 0.25) is 5.91 Å². The molecule has 2 heterocycles. The van der Waals surface area contributed by atoms with Crippen LogP contribution in [0.5, 0.6) is 0 Å². The van der Waals surface area contributed by atoms with Crippen LogP contribution in [0.2, 0.25) is 0 Å². The Hall–Kier alpha value is -6.14. The normalized spacial score (nSPS) is 18.3. The fraction of sp³-hybridized carbons (Fsp3) is 0.208. The molecule has 266 valence electrons. The van der Waals surface area contributed by atoms with Crippen molar-refractivity contribution in [3.05, 3.63) is 174 Å². The predicted molar refractivity (Wildman–Crippen MR) is 215 cm³/mol. The van der Waals surface area contributed by atoms with Crippen LogP contribution in [0, 0.1) is 5.92 Å². The molecule has 7 aromatic rings. The molecule has 0 N–H and O–H groups in total. The molecule has 2 amide bonds. The van der Waals surface area contributed by atoms with Crippen molar-refractivity contribution < 1.29 is 14.4 Å². The Balaban J connectivity index is 0.000000332. The van der Waals surface area contributed by atoms with Crippen molar-refractivity contribution in [3.63, 3.8) is 0 Å². The number of amides is 2. The van der Waals surface area contributed by atoms with Crippen LogP contribution in [-0.2, 0) is 11.2 Å². The van der Waals surface area contributed by atoms with Gasteiger partial charge in [-0.2, -0.15) is 0 Å². The van der Waals surface area contributed by atoms with Crippen LogP contribution >= 0.6 is 0 Å². The van der Waals surface area contributed by atoms with Crippen LogP contribution in [0.15, 0.2) is 146 Å². The molecule has 6 nitrogen and oxygen atoms in total. The van der Waals surface area contributed by atoms with Crippen molar-refractivity contribution in [2.75, 3.05) is 26.2 Å². The summed E-state index contributed by atoms with van der Waals surface area (Å²) in [4.78, 5) is 48.5. The Bertz CT molecular complexity index is 2450. The quantitative estimate of drug-likeness (QED) is 0.171. The number of hydrogen-bond acceptors (Lipinski definition) is 4. The zero-order chi connectivity index (χ0) is 36.6. The molecule has 1 aliphatic heterocycles. The van der Waals surface area contributed by atoms with Crippen molar-refractivity contribution in [1.82, 2.24) is 14.8 Å². The van der Waals surface area contributed by atoms with Crippen molar-refractivity contribution in [3.8, 4) is 0 Å². The van der Waals surface area contributed by atoms with E-state index in [9.17, 15) is 14.4 Å². The van der Waals surface area contributed by atoms with E-state index in [1.165, 1.54) is 5.39 Å². The Morgan fingerprint density at radius 2 is 1.24 bits per heavy atom. The lowest BCUT2D eigenvalue weighted by Gasteiger charge is -2.35. The number of carbonyl (C=O) groups is 3. The highest BCUT2D eigenvalue weighted by atomic mass is 16.2. The highest BCUT2D eigenvalue weighted by molar-refractivity contribution is 6.18. The maximum Gasteiger partial charge on any atom is 0.253 e. The summed E-state index contributed by atoms with van der Waals surface area (Å²) >= 11 is 0. The molecule has 3 aliphatic rings. The molecular formula is C48H41N3O3. The number of Topliss-reactive ketones (excluding diaryl/α,β-unsaturated/α-hetero) is 1. The molecule has 2 atom stereocenters. The summed E-state index contributed by atoms with van der Waals surface area (Å²) in [6, 6.07) is 47.0. The second kappa shape index (κ2) is 14.4.